The number of ether oxygens (including phenoxy) is 1. The van der Waals surface area contributed by atoms with Gasteiger partial charge in [-0.1, -0.05) is 31.5 Å². The summed E-state index contributed by atoms with van der Waals surface area (Å²) in [5, 5.41) is 0.385. The van der Waals surface area contributed by atoms with Crippen molar-refractivity contribution in [2.24, 2.45) is 0 Å². The Labute approximate surface area is 146 Å². The third kappa shape index (κ3) is 3.54. The van der Waals surface area contributed by atoms with E-state index in [9.17, 15) is 0 Å². The van der Waals surface area contributed by atoms with Gasteiger partial charge in [0.1, 0.15) is 16.6 Å². The van der Waals surface area contributed by atoms with Gasteiger partial charge in [0, 0.05) is 24.2 Å². The lowest BCUT2D eigenvalue weighted by molar-refractivity contribution is 0.479. The molecule has 0 saturated carbocycles. The summed E-state index contributed by atoms with van der Waals surface area (Å²) in [6, 6.07) is 11.2. The number of aryl methyl sites for hydroxylation is 1. The Kier molecular flexibility index (Phi) is 4.76. The molecule has 3 aromatic heterocycles. The smallest absolute Gasteiger partial charge is 0.155 e. The zero-order chi connectivity index (χ0) is 17.1. The molecule has 0 radical (unpaired) electrons. The molecule has 4 nitrogen and oxygen atoms in total. The molecular weight excluding hydrogens is 322 g/mol. The maximum atomic E-state index is 6.06. The van der Waals surface area contributed by atoms with Crippen LogP contribution in [0.4, 0.5) is 0 Å². The lowest BCUT2D eigenvalue weighted by atomic mass is 10.0. The van der Waals surface area contributed by atoms with Crippen LogP contribution in [0.15, 0.2) is 48.8 Å². The van der Waals surface area contributed by atoms with E-state index in [1.54, 1.807) is 24.5 Å². The maximum absolute atomic E-state index is 6.06. The summed E-state index contributed by atoms with van der Waals surface area (Å²) in [4.78, 5) is 13.1. The molecule has 0 bridgehead atoms. The van der Waals surface area contributed by atoms with Gasteiger partial charge in [0.15, 0.2) is 5.75 Å². The average molecular weight is 340 g/mol. The molecule has 24 heavy (non-hydrogen) atoms. The molecule has 0 amide bonds. The van der Waals surface area contributed by atoms with Crippen LogP contribution in [-0.2, 0) is 0 Å². The third-order valence-corrected chi connectivity index (χ3v) is 3.88. The van der Waals surface area contributed by atoms with E-state index in [-0.39, 0.29) is 0 Å². The molecule has 3 aromatic rings. The van der Waals surface area contributed by atoms with Gasteiger partial charge < -0.3 is 4.74 Å². The molecule has 0 N–H and O–H groups in total. The van der Waals surface area contributed by atoms with Gasteiger partial charge >= 0.3 is 0 Å². The molecule has 0 unspecified atom stereocenters. The maximum Gasteiger partial charge on any atom is 0.155 e. The summed E-state index contributed by atoms with van der Waals surface area (Å²) in [5.41, 5.74) is 3.60. The van der Waals surface area contributed by atoms with Crippen molar-refractivity contribution in [3.05, 3.63) is 65.2 Å². The summed E-state index contributed by atoms with van der Waals surface area (Å²) < 4.78 is 6.06. The number of nitrogens with zero attached hydrogens (tertiary/aromatic N) is 3. The monoisotopic (exact) mass is 339 g/mol. The van der Waals surface area contributed by atoms with E-state index in [2.05, 4.69) is 23.8 Å². The number of aromatic nitrogens is 3. The first-order valence-electron chi connectivity index (χ1n) is 7.77. The first kappa shape index (κ1) is 16.4. The van der Waals surface area contributed by atoms with Gasteiger partial charge in [-0.05, 0) is 42.7 Å². The fourth-order valence-corrected chi connectivity index (χ4v) is 2.69. The third-order valence-electron chi connectivity index (χ3n) is 3.67. The fraction of sp³-hybridized carbons (Fsp3) is 0.211. The van der Waals surface area contributed by atoms with E-state index in [1.165, 1.54) is 0 Å². The molecule has 122 valence electrons. The Hall–Kier alpha value is -2.46. The zero-order valence-electron chi connectivity index (χ0n) is 13.8. The van der Waals surface area contributed by atoms with Gasteiger partial charge in [-0.25, -0.2) is 9.97 Å². The highest BCUT2D eigenvalue weighted by atomic mass is 35.5. The van der Waals surface area contributed by atoms with Crippen molar-refractivity contribution in [1.82, 2.24) is 15.0 Å². The van der Waals surface area contributed by atoms with Crippen molar-refractivity contribution in [3.63, 3.8) is 0 Å². The average Bonchev–Trinajstić information content (AvgIpc) is 2.57. The molecule has 0 spiro atoms. The van der Waals surface area contributed by atoms with Crippen molar-refractivity contribution >= 4 is 11.6 Å². The molecule has 0 aliphatic carbocycles. The van der Waals surface area contributed by atoms with Gasteiger partial charge in [0.25, 0.3) is 0 Å². The molecule has 3 heterocycles. The normalized spacial score (nSPS) is 10.9. The number of hydrogen-bond donors (Lipinski definition) is 0. The predicted octanol–water partition coefficient (Wildman–Crippen LogP) is 5.42. The fourth-order valence-electron chi connectivity index (χ4n) is 2.53. The van der Waals surface area contributed by atoms with Gasteiger partial charge in [-0.3, -0.25) is 4.98 Å². The molecule has 5 heteroatoms. The topological polar surface area (TPSA) is 47.9 Å². The van der Waals surface area contributed by atoms with Crippen molar-refractivity contribution in [1.29, 1.82) is 0 Å². The molecule has 3 rings (SSSR count). The van der Waals surface area contributed by atoms with E-state index in [1.807, 2.05) is 31.2 Å². The minimum Gasteiger partial charge on any atom is -0.455 e. The molecule has 0 saturated heterocycles. The Morgan fingerprint density at radius 1 is 1.04 bits per heavy atom. The SMILES string of the molecule is Cc1nc(-c2ccccn2)c(Oc2ccnc(Cl)c2)cc1C(C)C. The minimum absolute atomic E-state index is 0.346. The van der Waals surface area contributed by atoms with Crippen LogP contribution < -0.4 is 4.74 Å². The van der Waals surface area contributed by atoms with Crippen LogP contribution in [0, 0.1) is 6.92 Å². The van der Waals surface area contributed by atoms with Crippen LogP contribution in [0.3, 0.4) is 0 Å². The number of pyridine rings is 3. The molecule has 0 atom stereocenters. The Morgan fingerprint density at radius 2 is 1.88 bits per heavy atom. The van der Waals surface area contributed by atoms with E-state index in [0.29, 0.717) is 28.3 Å². The highest BCUT2D eigenvalue weighted by Gasteiger charge is 2.16. The van der Waals surface area contributed by atoms with E-state index in [4.69, 9.17) is 21.3 Å². The van der Waals surface area contributed by atoms with Crippen LogP contribution in [0.1, 0.15) is 31.0 Å². The van der Waals surface area contributed by atoms with Crippen molar-refractivity contribution in [2.45, 2.75) is 26.7 Å². The Balaban J connectivity index is 2.12. The van der Waals surface area contributed by atoms with Gasteiger partial charge in [-0.15, -0.1) is 0 Å². The second-order valence-electron chi connectivity index (χ2n) is 5.80. The van der Waals surface area contributed by atoms with Crippen LogP contribution >= 0.6 is 11.6 Å². The van der Waals surface area contributed by atoms with Crippen LogP contribution in [0.5, 0.6) is 11.5 Å². The molecule has 0 fully saturated rings. The van der Waals surface area contributed by atoms with Crippen molar-refractivity contribution in [3.8, 4) is 22.9 Å². The second-order valence-corrected chi connectivity index (χ2v) is 6.18. The summed E-state index contributed by atoms with van der Waals surface area (Å²) in [5.74, 6) is 1.62. The Morgan fingerprint density at radius 3 is 2.54 bits per heavy atom. The number of rotatable bonds is 4. The quantitative estimate of drug-likeness (QED) is 0.596. The summed E-state index contributed by atoms with van der Waals surface area (Å²) in [6.45, 7) is 6.28. The van der Waals surface area contributed by atoms with Gasteiger partial charge in [0.05, 0.1) is 5.69 Å². The predicted molar refractivity (Wildman–Crippen MR) is 95.6 cm³/mol. The Bertz CT molecular complexity index is 850. The summed E-state index contributed by atoms with van der Waals surface area (Å²) in [6.07, 6.45) is 3.36. The second kappa shape index (κ2) is 6.97. The van der Waals surface area contributed by atoms with E-state index in [0.717, 1.165) is 17.0 Å². The minimum atomic E-state index is 0.346. The highest BCUT2D eigenvalue weighted by Crippen LogP contribution is 2.35. The number of hydrogen-bond acceptors (Lipinski definition) is 4. The highest BCUT2D eigenvalue weighted by molar-refractivity contribution is 6.29. The standard InChI is InChI=1S/C19H18ClN3O/c1-12(2)15-11-17(24-14-7-9-22-18(20)10-14)19(23-13(15)3)16-6-4-5-8-21-16/h4-12H,1-3H3. The van der Waals surface area contributed by atoms with Crippen LogP contribution in [0.25, 0.3) is 11.4 Å². The van der Waals surface area contributed by atoms with Gasteiger partial charge in [-0.2, -0.15) is 0 Å². The van der Waals surface area contributed by atoms with Crippen LogP contribution in [-0.4, -0.2) is 15.0 Å². The van der Waals surface area contributed by atoms with Crippen molar-refractivity contribution in [2.75, 3.05) is 0 Å². The zero-order valence-corrected chi connectivity index (χ0v) is 14.6. The first-order chi connectivity index (χ1) is 11.5. The number of halogens is 1. The van der Waals surface area contributed by atoms with Crippen LogP contribution in [0.2, 0.25) is 5.15 Å². The van der Waals surface area contributed by atoms with Crippen molar-refractivity contribution < 1.29 is 4.74 Å². The lowest BCUT2D eigenvalue weighted by Gasteiger charge is -2.16. The van der Waals surface area contributed by atoms with E-state index < -0.39 is 0 Å². The van der Waals surface area contributed by atoms with E-state index >= 15 is 0 Å². The van der Waals surface area contributed by atoms with Gasteiger partial charge in [0.2, 0.25) is 0 Å². The molecule has 0 aliphatic rings. The largest absolute Gasteiger partial charge is 0.455 e. The first-order valence-corrected chi connectivity index (χ1v) is 8.14. The lowest BCUT2D eigenvalue weighted by Crippen LogP contribution is -2.01. The summed E-state index contributed by atoms with van der Waals surface area (Å²) in [7, 11) is 0. The molecule has 0 aromatic carbocycles. The molecule has 0 aliphatic heterocycles. The summed E-state index contributed by atoms with van der Waals surface area (Å²) >= 11 is 5.96. The molecular formula is C19H18ClN3O.